The number of nitrogens with zero attached hydrogens (tertiary/aromatic N) is 4. The number of aliphatic imine (C=N–C) groups is 1. The van der Waals surface area contributed by atoms with Crippen LogP contribution in [0.15, 0.2) is 38.3 Å². The lowest BCUT2D eigenvalue weighted by Gasteiger charge is -2.10. The lowest BCUT2D eigenvalue weighted by molar-refractivity contribution is 0.375. The molecule has 0 saturated carbocycles. The summed E-state index contributed by atoms with van der Waals surface area (Å²) in [5.74, 6) is 2.32. The minimum absolute atomic E-state index is 0. The molecule has 8 nitrogen and oxygen atoms in total. The van der Waals surface area contributed by atoms with Crippen molar-refractivity contribution in [3.8, 4) is 11.4 Å². The maximum absolute atomic E-state index is 5.99. The molecule has 0 aliphatic carbocycles. The largest absolute Gasteiger partial charge is 0.361 e. The van der Waals surface area contributed by atoms with Gasteiger partial charge in [-0.2, -0.15) is 4.98 Å². The third-order valence-corrected chi connectivity index (χ3v) is 4.03. The van der Waals surface area contributed by atoms with Crippen LogP contribution in [0.25, 0.3) is 11.4 Å². The zero-order valence-electron chi connectivity index (χ0n) is 15.1. The van der Waals surface area contributed by atoms with Crippen LogP contribution in [0.2, 0.25) is 5.02 Å². The van der Waals surface area contributed by atoms with Gasteiger partial charge in [-0.25, -0.2) is 0 Å². The summed E-state index contributed by atoms with van der Waals surface area (Å²) in [6.07, 6.45) is 0. The Labute approximate surface area is 178 Å². The van der Waals surface area contributed by atoms with Gasteiger partial charge in [-0.15, -0.1) is 24.0 Å². The number of hydrogen-bond acceptors (Lipinski definition) is 6. The fraction of sp³-hybridized carbons (Fsp3) is 0.294. The number of nitrogens with one attached hydrogen (secondary N) is 2. The summed E-state index contributed by atoms with van der Waals surface area (Å²) in [6.45, 7) is 4.68. The Kier molecular flexibility index (Phi) is 7.60. The van der Waals surface area contributed by atoms with Gasteiger partial charge in [0.1, 0.15) is 5.76 Å². The van der Waals surface area contributed by atoms with Crippen LogP contribution in [0, 0.1) is 13.8 Å². The van der Waals surface area contributed by atoms with E-state index in [-0.39, 0.29) is 24.0 Å². The van der Waals surface area contributed by atoms with Crippen molar-refractivity contribution in [1.29, 1.82) is 0 Å². The molecular formula is C17H20ClIN6O2. The van der Waals surface area contributed by atoms with Crippen LogP contribution in [0.3, 0.4) is 0 Å². The van der Waals surface area contributed by atoms with E-state index < -0.39 is 0 Å². The fourth-order valence-corrected chi connectivity index (χ4v) is 2.57. The second kappa shape index (κ2) is 9.70. The molecule has 0 amide bonds. The van der Waals surface area contributed by atoms with E-state index in [4.69, 9.17) is 20.6 Å². The number of rotatable bonds is 5. The maximum Gasteiger partial charge on any atom is 0.246 e. The molecule has 2 aromatic heterocycles. The Balaban J connectivity index is 0.00000261. The summed E-state index contributed by atoms with van der Waals surface area (Å²) in [7, 11) is 1.69. The number of guanidine groups is 1. The van der Waals surface area contributed by atoms with Crippen LogP contribution in [0.1, 0.15) is 22.9 Å². The fourth-order valence-electron chi connectivity index (χ4n) is 2.38. The van der Waals surface area contributed by atoms with E-state index >= 15 is 0 Å². The third-order valence-electron chi connectivity index (χ3n) is 3.80. The normalized spacial score (nSPS) is 11.2. The Bertz CT molecular complexity index is 904. The predicted molar refractivity (Wildman–Crippen MR) is 113 cm³/mol. The molecule has 0 radical (unpaired) electrons. The summed E-state index contributed by atoms with van der Waals surface area (Å²) in [4.78, 5) is 8.53. The molecule has 0 aliphatic heterocycles. The first-order chi connectivity index (χ1) is 12.6. The molecule has 0 aliphatic rings. The minimum Gasteiger partial charge on any atom is -0.361 e. The number of hydrogen-bond donors (Lipinski definition) is 2. The molecule has 2 heterocycles. The van der Waals surface area contributed by atoms with E-state index in [1.807, 2.05) is 26.0 Å². The molecule has 0 unspecified atom stereocenters. The Hall–Kier alpha value is -2.14. The standard InChI is InChI=1S/C17H19ClN6O2.HI/c1-10-14(11(2)25-23-10)8-20-17(19-3)21-9-15-22-16(24-26-15)12-5-4-6-13(18)7-12;/h4-7H,8-9H2,1-3H3,(H2,19,20,21);1H. The second-order valence-corrected chi connectivity index (χ2v) is 6.04. The average molecular weight is 503 g/mol. The molecule has 3 aromatic rings. The summed E-state index contributed by atoms with van der Waals surface area (Å²) in [5, 5.41) is 14.9. The van der Waals surface area contributed by atoms with Crippen molar-refractivity contribution in [3.63, 3.8) is 0 Å². The van der Waals surface area contributed by atoms with E-state index in [2.05, 4.69) is 30.9 Å². The van der Waals surface area contributed by atoms with Gasteiger partial charge in [-0.1, -0.05) is 34.0 Å². The molecule has 2 N–H and O–H groups in total. The van der Waals surface area contributed by atoms with Gasteiger partial charge in [0.25, 0.3) is 0 Å². The number of benzene rings is 1. The molecular weight excluding hydrogens is 483 g/mol. The molecule has 3 rings (SSSR count). The first kappa shape index (κ1) is 21.2. The molecule has 144 valence electrons. The highest BCUT2D eigenvalue weighted by molar-refractivity contribution is 14.0. The Morgan fingerprint density at radius 1 is 1.15 bits per heavy atom. The van der Waals surface area contributed by atoms with Gasteiger partial charge in [0.05, 0.1) is 12.2 Å². The van der Waals surface area contributed by atoms with Crippen LogP contribution in [0.4, 0.5) is 0 Å². The molecule has 0 bridgehead atoms. The molecule has 0 atom stereocenters. The van der Waals surface area contributed by atoms with Crippen molar-refractivity contribution in [2.75, 3.05) is 7.05 Å². The van der Waals surface area contributed by atoms with Crippen molar-refractivity contribution < 1.29 is 9.05 Å². The van der Waals surface area contributed by atoms with Crippen LogP contribution in [0.5, 0.6) is 0 Å². The lowest BCUT2D eigenvalue weighted by Crippen LogP contribution is -2.36. The van der Waals surface area contributed by atoms with Gasteiger partial charge in [0.2, 0.25) is 11.7 Å². The van der Waals surface area contributed by atoms with Crippen molar-refractivity contribution in [3.05, 3.63) is 52.2 Å². The Morgan fingerprint density at radius 3 is 2.59 bits per heavy atom. The zero-order valence-corrected chi connectivity index (χ0v) is 18.2. The van der Waals surface area contributed by atoms with Gasteiger partial charge in [-0.05, 0) is 26.0 Å². The average Bonchev–Trinajstić information content (AvgIpc) is 3.23. The van der Waals surface area contributed by atoms with Crippen molar-refractivity contribution in [1.82, 2.24) is 25.9 Å². The van der Waals surface area contributed by atoms with Crippen molar-refractivity contribution >= 4 is 41.5 Å². The van der Waals surface area contributed by atoms with Crippen LogP contribution in [-0.4, -0.2) is 28.3 Å². The zero-order chi connectivity index (χ0) is 18.5. The maximum atomic E-state index is 5.99. The van der Waals surface area contributed by atoms with Gasteiger partial charge in [0, 0.05) is 29.7 Å². The van der Waals surface area contributed by atoms with E-state index in [0.717, 1.165) is 22.6 Å². The van der Waals surface area contributed by atoms with Gasteiger partial charge < -0.3 is 19.7 Å². The number of aromatic nitrogens is 3. The van der Waals surface area contributed by atoms with E-state index in [1.54, 1.807) is 19.2 Å². The highest BCUT2D eigenvalue weighted by atomic mass is 127. The first-order valence-corrected chi connectivity index (χ1v) is 8.39. The summed E-state index contributed by atoms with van der Waals surface area (Å²) in [5.41, 5.74) is 2.66. The lowest BCUT2D eigenvalue weighted by atomic mass is 10.2. The highest BCUT2D eigenvalue weighted by Gasteiger charge is 2.11. The second-order valence-electron chi connectivity index (χ2n) is 5.60. The van der Waals surface area contributed by atoms with E-state index in [9.17, 15) is 0 Å². The monoisotopic (exact) mass is 502 g/mol. The topological polar surface area (TPSA) is 101 Å². The minimum atomic E-state index is 0. The SMILES string of the molecule is CN=C(NCc1nc(-c2cccc(Cl)c2)no1)NCc1c(C)noc1C.I. The molecule has 0 fully saturated rings. The Morgan fingerprint density at radius 2 is 1.93 bits per heavy atom. The first-order valence-electron chi connectivity index (χ1n) is 8.01. The number of halogens is 2. The van der Waals surface area contributed by atoms with Crippen molar-refractivity contribution in [2.45, 2.75) is 26.9 Å². The molecule has 10 heteroatoms. The third kappa shape index (κ3) is 5.42. The summed E-state index contributed by atoms with van der Waals surface area (Å²) >= 11 is 5.99. The van der Waals surface area contributed by atoms with Gasteiger partial charge >= 0.3 is 0 Å². The van der Waals surface area contributed by atoms with Crippen molar-refractivity contribution in [2.24, 2.45) is 4.99 Å². The molecule has 0 spiro atoms. The quantitative estimate of drug-likeness (QED) is 0.313. The molecule has 0 saturated heterocycles. The van der Waals surface area contributed by atoms with Crippen LogP contribution >= 0.6 is 35.6 Å². The number of aryl methyl sites for hydroxylation is 2. The summed E-state index contributed by atoms with van der Waals surface area (Å²) in [6, 6.07) is 7.29. The molecule has 27 heavy (non-hydrogen) atoms. The van der Waals surface area contributed by atoms with E-state index in [0.29, 0.717) is 35.8 Å². The highest BCUT2D eigenvalue weighted by Crippen LogP contribution is 2.19. The van der Waals surface area contributed by atoms with Crippen LogP contribution in [-0.2, 0) is 13.1 Å². The smallest absolute Gasteiger partial charge is 0.246 e. The van der Waals surface area contributed by atoms with Crippen LogP contribution < -0.4 is 10.6 Å². The van der Waals surface area contributed by atoms with E-state index in [1.165, 1.54) is 0 Å². The predicted octanol–water partition coefficient (Wildman–Crippen LogP) is 3.48. The van der Waals surface area contributed by atoms with Gasteiger partial charge in [0.15, 0.2) is 5.96 Å². The van der Waals surface area contributed by atoms with Gasteiger partial charge in [-0.3, -0.25) is 4.99 Å². The summed E-state index contributed by atoms with van der Waals surface area (Å²) < 4.78 is 10.4. The molecule has 1 aromatic carbocycles.